The third-order valence-electron chi connectivity index (χ3n) is 2.66. The fourth-order valence-electron chi connectivity index (χ4n) is 1.78. The van der Waals surface area contributed by atoms with Crippen LogP contribution in [0.2, 0.25) is 0 Å². The van der Waals surface area contributed by atoms with E-state index in [1.807, 2.05) is 0 Å². The van der Waals surface area contributed by atoms with E-state index < -0.39 is 0 Å². The number of thioether (sulfide) groups is 1. The molecule has 3 N–H and O–H groups in total. The van der Waals surface area contributed by atoms with Crippen molar-refractivity contribution >= 4 is 34.1 Å². The van der Waals surface area contributed by atoms with Gasteiger partial charge in [0.2, 0.25) is 5.91 Å². The van der Waals surface area contributed by atoms with Crippen LogP contribution >= 0.6 is 23.1 Å². The molecule has 5 nitrogen and oxygen atoms in total. The van der Waals surface area contributed by atoms with Crippen LogP contribution in [-0.2, 0) is 17.8 Å². The van der Waals surface area contributed by atoms with Gasteiger partial charge in [-0.15, -0.1) is 11.3 Å². The minimum absolute atomic E-state index is 0.00732. The monoisotopic (exact) mass is 286 g/mol. The van der Waals surface area contributed by atoms with Gasteiger partial charge in [0, 0.05) is 36.7 Å². The first-order chi connectivity index (χ1) is 8.69. The quantitative estimate of drug-likeness (QED) is 0.782. The lowest BCUT2D eigenvalue weighted by atomic mass is 10.2. The van der Waals surface area contributed by atoms with Crippen molar-refractivity contribution in [1.82, 2.24) is 9.88 Å². The van der Waals surface area contributed by atoms with E-state index >= 15 is 0 Å². The highest BCUT2D eigenvalue weighted by Gasteiger charge is 2.18. The fourth-order valence-corrected chi connectivity index (χ4v) is 3.45. The number of hydrogen-bond acceptors (Lipinski definition) is 6. The Labute approximate surface area is 115 Å². The number of carbonyl (C=O) groups is 1. The van der Waals surface area contributed by atoms with Crippen LogP contribution < -0.4 is 11.1 Å². The van der Waals surface area contributed by atoms with Gasteiger partial charge in [-0.1, -0.05) is 0 Å². The van der Waals surface area contributed by atoms with Crippen LogP contribution in [0.3, 0.4) is 0 Å². The second kappa shape index (κ2) is 6.51. The number of nitrogens with two attached hydrogens (primary N) is 1. The van der Waals surface area contributed by atoms with Gasteiger partial charge in [-0.2, -0.15) is 11.8 Å². The van der Waals surface area contributed by atoms with Crippen LogP contribution in [0.4, 0.5) is 5.13 Å². The van der Waals surface area contributed by atoms with E-state index in [2.05, 4.69) is 22.2 Å². The molecule has 0 spiro atoms. The van der Waals surface area contributed by atoms with Crippen molar-refractivity contribution in [3.8, 4) is 0 Å². The Balaban J connectivity index is 1.88. The largest absolute Gasteiger partial charge is 0.330 e. The van der Waals surface area contributed by atoms with Crippen LogP contribution in [-0.4, -0.2) is 47.4 Å². The van der Waals surface area contributed by atoms with Crippen molar-refractivity contribution in [1.29, 1.82) is 0 Å². The zero-order chi connectivity index (χ0) is 13.0. The number of amides is 1. The minimum Gasteiger partial charge on any atom is -0.330 e. The summed E-state index contributed by atoms with van der Waals surface area (Å²) in [7, 11) is 2.10. The van der Waals surface area contributed by atoms with Gasteiger partial charge in [-0.3, -0.25) is 4.79 Å². The van der Waals surface area contributed by atoms with Gasteiger partial charge < -0.3 is 16.0 Å². The molecule has 1 aliphatic heterocycles. The molecule has 0 bridgehead atoms. The summed E-state index contributed by atoms with van der Waals surface area (Å²) < 4.78 is 0. The Morgan fingerprint density at radius 1 is 1.67 bits per heavy atom. The molecular formula is C11H18N4OS2. The second-order valence-electron chi connectivity index (χ2n) is 4.27. The Morgan fingerprint density at radius 3 is 3.28 bits per heavy atom. The van der Waals surface area contributed by atoms with Crippen molar-refractivity contribution in [2.75, 3.05) is 37.0 Å². The summed E-state index contributed by atoms with van der Waals surface area (Å²) in [6, 6.07) is 0. The molecule has 2 rings (SSSR count). The second-order valence-corrected chi connectivity index (χ2v) is 6.45. The number of nitrogens with one attached hydrogen (secondary N) is 1. The summed E-state index contributed by atoms with van der Waals surface area (Å²) in [5.41, 5.74) is 6.52. The summed E-state index contributed by atoms with van der Waals surface area (Å²) in [5.74, 6) is 1.27. The molecule has 0 aromatic carbocycles. The first-order valence-corrected chi connectivity index (χ1v) is 7.91. The third kappa shape index (κ3) is 3.68. The van der Waals surface area contributed by atoms with E-state index in [1.165, 1.54) is 4.88 Å². The molecular weight excluding hydrogens is 268 g/mol. The maximum Gasteiger partial charge on any atom is 0.236 e. The van der Waals surface area contributed by atoms with Crippen molar-refractivity contribution < 1.29 is 4.79 Å². The standard InChI is InChI=1S/C11H18N4OS2/c1-15-4-2-8-9(6-15)18-11(13-8)14-10(16)7-17-5-3-12/h2-7,12H2,1H3,(H,13,14,16). The molecule has 100 valence electrons. The number of fused-ring (bicyclic) bond motifs is 1. The lowest BCUT2D eigenvalue weighted by Gasteiger charge is -2.20. The number of anilines is 1. The fraction of sp³-hybridized carbons (Fsp3) is 0.636. The van der Waals surface area contributed by atoms with E-state index in [-0.39, 0.29) is 5.91 Å². The zero-order valence-corrected chi connectivity index (χ0v) is 12.1. The smallest absolute Gasteiger partial charge is 0.236 e. The van der Waals surface area contributed by atoms with Gasteiger partial charge in [0.1, 0.15) is 0 Å². The molecule has 18 heavy (non-hydrogen) atoms. The number of likely N-dealkylation sites (N-methyl/N-ethyl adjacent to an activating group) is 1. The highest BCUT2D eigenvalue weighted by Crippen LogP contribution is 2.27. The van der Waals surface area contributed by atoms with Gasteiger partial charge in [0.25, 0.3) is 0 Å². The number of carbonyl (C=O) groups excluding carboxylic acids is 1. The molecule has 7 heteroatoms. The first kappa shape index (κ1) is 13.8. The van der Waals surface area contributed by atoms with Crippen molar-refractivity contribution in [2.45, 2.75) is 13.0 Å². The molecule has 1 aromatic rings. The van der Waals surface area contributed by atoms with Crippen molar-refractivity contribution in [3.63, 3.8) is 0 Å². The van der Waals surface area contributed by atoms with Gasteiger partial charge in [0.05, 0.1) is 11.4 Å². The van der Waals surface area contributed by atoms with E-state index in [4.69, 9.17) is 5.73 Å². The molecule has 0 saturated heterocycles. The maximum absolute atomic E-state index is 11.6. The molecule has 0 fully saturated rings. The minimum atomic E-state index is 0.00732. The molecule has 0 aliphatic carbocycles. The molecule has 0 saturated carbocycles. The topological polar surface area (TPSA) is 71.2 Å². The number of hydrogen-bond donors (Lipinski definition) is 2. The number of nitrogens with zero attached hydrogens (tertiary/aromatic N) is 2. The van der Waals surface area contributed by atoms with E-state index in [0.29, 0.717) is 12.3 Å². The molecule has 1 aromatic heterocycles. The van der Waals surface area contributed by atoms with Crippen LogP contribution in [0.1, 0.15) is 10.6 Å². The summed E-state index contributed by atoms with van der Waals surface area (Å²) in [6.45, 7) is 2.58. The lowest BCUT2D eigenvalue weighted by Crippen LogP contribution is -2.25. The molecule has 0 atom stereocenters. The molecule has 1 amide bonds. The Hall–Kier alpha value is -0.630. The highest BCUT2D eigenvalue weighted by atomic mass is 32.2. The third-order valence-corrected chi connectivity index (χ3v) is 4.65. The SMILES string of the molecule is CN1CCc2nc(NC(=O)CSCCN)sc2C1. The van der Waals surface area contributed by atoms with Gasteiger partial charge in [-0.25, -0.2) is 4.98 Å². The number of rotatable bonds is 5. The van der Waals surface area contributed by atoms with Crippen LogP contribution in [0.15, 0.2) is 0 Å². The van der Waals surface area contributed by atoms with Crippen LogP contribution in [0.5, 0.6) is 0 Å². The van der Waals surface area contributed by atoms with Crippen molar-refractivity contribution in [3.05, 3.63) is 10.6 Å². The van der Waals surface area contributed by atoms with E-state index in [1.54, 1.807) is 23.1 Å². The number of thiazole rings is 1. The van der Waals surface area contributed by atoms with Gasteiger partial charge >= 0.3 is 0 Å². The Morgan fingerprint density at radius 2 is 2.50 bits per heavy atom. The average Bonchev–Trinajstić information content (AvgIpc) is 2.70. The first-order valence-electron chi connectivity index (χ1n) is 5.94. The maximum atomic E-state index is 11.6. The Bertz CT molecular complexity index is 421. The molecule has 0 radical (unpaired) electrons. The lowest BCUT2D eigenvalue weighted by molar-refractivity contribution is -0.113. The summed E-state index contributed by atoms with van der Waals surface area (Å²) in [4.78, 5) is 19.7. The van der Waals surface area contributed by atoms with Gasteiger partial charge in [-0.05, 0) is 7.05 Å². The summed E-state index contributed by atoms with van der Waals surface area (Å²) in [5, 5.41) is 3.59. The molecule has 0 unspecified atom stereocenters. The zero-order valence-electron chi connectivity index (χ0n) is 10.4. The number of aromatic nitrogens is 1. The normalized spacial score (nSPS) is 15.4. The predicted octanol–water partition coefficient (Wildman–Crippen LogP) is 0.761. The highest BCUT2D eigenvalue weighted by molar-refractivity contribution is 7.99. The van der Waals surface area contributed by atoms with Crippen LogP contribution in [0.25, 0.3) is 0 Å². The predicted molar refractivity (Wildman–Crippen MR) is 77.2 cm³/mol. The Kier molecular flexibility index (Phi) is 4.99. The van der Waals surface area contributed by atoms with Gasteiger partial charge in [0.15, 0.2) is 5.13 Å². The average molecular weight is 286 g/mol. The summed E-state index contributed by atoms with van der Waals surface area (Å²) >= 11 is 3.14. The molecule has 2 heterocycles. The molecule has 1 aliphatic rings. The van der Waals surface area contributed by atoms with Crippen molar-refractivity contribution in [2.24, 2.45) is 5.73 Å². The van der Waals surface area contributed by atoms with Crippen LogP contribution in [0, 0.1) is 0 Å². The van der Waals surface area contributed by atoms with E-state index in [0.717, 1.165) is 36.1 Å². The summed E-state index contributed by atoms with van der Waals surface area (Å²) in [6.07, 6.45) is 0.972. The van der Waals surface area contributed by atoms with E-state index in [9.17, 15) is 4.79 Å².